The highest BCUT2D eigenvalue weighted by Gasteiger charge is 2.20. The first-order valence-electron chi connectivity index (χ1n) is 9.13. The molecule has 160 valence electrons. The molecule has 0 saturated carbocycles. The molecular formula is C20H18N4O6S. The molecule has 0 spiro atoms. The van der Waals surface area contributed by atoms with E-state index in [4.69, 9.17) is 9.47 Å². The first-order chi connectivity index (χ1) is 14.9. The van der Waals surface area contributed by atoms with Gasteiger partial charge in [-0.25, -0.2) is 4.79 Å². The van der Waals surface area contributed by atoms with Crippen molar-refractivity contribution < 1.29 is 24.0 Å². The molecule has 31 heavy (non-hydrogen) atoms. The van der Waals surface area contributed by atoms with Crippen LogP contribution in [0.15, 0.2) is 42.5 Å². The number of ether oxygens (including phenoxy) is 2. The molecule has 0 unspecified atom stereocenters. The van der Waals surface area contributed by atoms with Crippen molar-refractivity contribution in [2.45, 2.75) is 20.0 Å². The summed E-state index contributed by atoms with van der Waals surface area (Å²) in [6, 6.07) is 11.2. The van der Waals surface area contributed by atoms with E-state index >= 15 is 0 Å². The summed E-state index contributed by atoms with van der Waals surface area (Å²) in [4.78, 5) is 35.0. The molecule has 11 heteroatoms. The minimum atomic E-state index is -0.775. The molecule has 0 fully saturated rings. The molecule has 0 radical (unpaired) electrons. The molecule has 10 nitrogen and oxygen atoms in total. The molecular weight excluding hydrogens is 424 g/mol. The van der Waals surface area contributed by atoms with Gasteiger partial charge in [-0.1, -0.05) is 30.4 Å². The van der Waals surface area contributed by atoms with E-state index in [1.807, 2.05) is 19.1 Å². The second-order valence-corrected chi connectivity index (χ2v) is 7.29. The Morgan fingerprint density at radius 2 is 1.90 bits per heavy atom. The number of nitro benzene ring substituents is 1. The standard InChI is InChI=1S/C20H18N4O6S/c1-3-12-4-7-14(8-5-12)21-18(25)19-23-22-17(31-19)11-30-20(26)13-6-9-16(29-2)15(10-13)24(27)28/h4-10H,3,11H2,1-2H3,(H,21,25). The fourth-order valence-electron chi connectivity index (χ4n) is 2.58. The van der Waals surface area contributed by atoms with Gasteiger partial charge in [0.2, 0.25) is 5.01 Å². The average Bonchev–Trinajstić information content (AvgIpc) is 3.26. The van der Waals surface area contributed by atoms with Crippen LogP contribution < -0.4 is 10.1 Å². The van der Waals surface area contributed by atoms with Gasteiger partial charge in [-0.05, 0) is 36.2 Å². The molecule has 0 aliphatic rings. The van der Waals surface area contributed by atoms with Gasteiger partial charge in [0.05, 0.1) is 17.6 Å². The van der Waals surface area contributed by atoms with Gasteiger partial charge in [0.25, 0.3) is 5.91 Å². The lowest BCUT2D eigenvalue weighted by Crippen LogP contribution is -2.11. The second kappa shape index (κ2) is 9.76. The van der Waals surface area contributed by atoms with Crippen molar-refractivity contribution in [3.63, 3.8) is 0 Å². The van der Waals surface area contributed by atoms with Gasteiger partial charge in [0.1, 0.15) is 6.61 Å². The maximum atomic E-state index is 12.3. The first kappa shape index (κ1) is 21.8. The Balaban J connectivity index is 1.60. The molecule has 1 amide bonds. The lowest BCUT2D eigenvalue weighted by atomic mass is 10.1. The first-order valence-corrected chi connectivity index (χ1v) is 9.95. The van der Waals surface area contributed by atoms with Gasteiger partial charge in [-0.15, -0.1) is 10.2 Å². The van der Waals surface area contributed by atoms with Gasteiger partial charge in [-0.2, -0.15) is 0 Å². The quantitative estimate of drug-likeness (QED) is 0.318. The van der Waals surface area contributed by atoms with Gasteiger partial charge in [0, 0.05) is 11.8 Å². The predicted molar refractivity (Wildman–Crippen MR) is 112 cm³/mol. The van der Waals surface area contributed by atoms with E-state index in [0.29, 0.717) is 10.7 Å². The number of aryl methyl sites for hydroxylation is 1. The molecule has 1 aromatic heterocycles. The Morgan fingerprint density at radius 3 is 2.55 bits per heavy atom. The molecule has 1 heterocycles. The number of hydrogen-bond donors (Lipinski definition) is 1. The maximum Gasteiger partial charge on any atom is 0.338 e. The summed E-state index contributed by atoms with van der Waals surface area (Å²) in [7, 11) is 1.30. The molecule has 0 saturated heterocycles. The third-order valence-electron chi connectivity index (χ3n) is 4.22. The van der Waals surface area contributed by atoms with Crippen molar-refractivity contribution in [2.75, 3.05) is 12.4 Å². The fraction of sp³-hybridized carbons (Fsp3) is 0.200. The summed E-state index contributed by atoms with van der Waals surface area (Å²) in [5, 5.41) is 21.9. The molecule has 3 aromatic rings. The Labute approximate surface area is 181 Å². The van der Waals surface area contributed by atoms with Crippen LogP contribution in [0.3, 0.4) is 0 Å². The number of nitro groups is 1. The van der Waals surface area contributed by atoms with Crippen LogP contribution in [0.5, 0.6) is 5.75 Å². The highest BCUT2D eigenvalue weighted by atomic mass is 32.1. The van der Waals surface area contributed by atoms with Crippen LogP contribution >= 0.6 is 11.3 Å². The predicted octanol–water partition coefficient (Wildman–Crippen LogP) is 3.63. The van der Waals surface area contributed by atoms with E-state index in [9.17, 15) is 19.7 Å². The Bertz CT molecular complexity index is 1110. The number of rotatable bonds is 8. The summed E-state index contributed by atoms with van der Waals surface area (Å²) in [6.45, 7) is 1.81. The zero-order chi connectivity index (χ0) is 22.4. The lowest BCUT2D eigenvalue weighted by Gasteiger charge is -2.05. The van der Waals surface area contributed by atoms with E-state index in [1.54, 1.807) is 12.1 Å². The monoisotopic (exact) mass is 442 g/mol. The van der Waals surface area contributed by atoms with Crippen LogP contribution in [0.2, 0.25) is 0 Å². The van der Waals surface area contributed by atoms with Crippen molar-refractivity contribution >= 4 is 34.6 Å². The number of methoxy groups -OCH3 is 1. The molecule has 0 aliphatic heterocycles. The number of amides is 1. The van der Waals surface area contributed by atoms with Crippen molar-refractivity contribution in [1.29, 1.82) is 0 Å². The number of esters is 1. The number of hydrogen-bond acceptors (Lipinski definition) is 9. The summed E-state index contributed by atoms with van der Waals surface area (Å²) < 4.78 is 10.0. The van der Waals surface area contributed by atoms with Gasteiger partial charge < -0.3 is 14.8 Å². The summed E-state index contributed by atoms with van der Waals surface area (Å²) >= 11 is 0.979. The molecule has 3 rings (SSSR count). The number of anilines is 1. The molecule has 0 atom stereocenters. The van der Waals surface area contributed by atoms with Crippen molar-refractivity contribution in [3.05, 3.63) is 73.7 Å². The number of benzene rings is 2. The van der Waals surface area contributed by atoms with E-state index in [2.05, 4.69) is 15.5 Å². The zero-order valence-electron chi connectivity index (χ0n) is 16.7. The van der Waals surface area contributed by atoms with Crippen LogP contribution in [0.25, 0.3) is 0 Å². The zero-order valence-corrected chi connectivity index (χ0v) is 17.5. The van der Waals surface area contributed by atoms with E-state index in [0.717, 1.165) is 29.4 Å². The normalized spacial score (nSPS) is 10.4. The Morgan fingerprint density at radius 1 is 1.16 bits per heavy atom. The summed E-state index contributed by atoms with van der Waals surface area (Å²) in [5.74, 6) is -1.17. The lowest BCUT2D eigenvalue weighted by molar-refractivity contribution is -0.385. The SMILES string of the molecule is CCc1ccc(NC(=O)c2nnc(COC(=O)c3ccc(OC)c([N+](=O)[O-])c3)s2)cc1. The van der Waals surface area contributed by atoms with E-state index in [1.165, 1.54) is 19.2 Å². The van der Waals surface area contributed by atoms with Crippen molar-refractivity contribution in [3.8, 4) is 5.75 Å². The van der Waals surface area contributed by atoms with Crippen molar-refractivity contribution in [2.24, 2.45) is 0 Å². The van der Waals surface area contributed by atoms with Gasteiger partial charge >= 0.3 is 11.7 Å². The van der Waals surface area contributed by atoms with Crippen LogP contribution in [0, 0.1) is 10.1 Å². The summed E-state index contributed by atoms with van der Waals surface area (Å²) in [5.41, 5.74) is 1.43. The molecule has 0 bridgehead atoms. The third-order valence-corrected chi connectivity index (χ3v) is 5.11. The Kier molecular flexibility index (Phi) is 6.88. The molecule has 0 aliphatic carbocycles. The molecule has 2 aromatic carbocycles. The number of nitrogens with one attached hydrogen (secondary N) is 1. The van der Waals surface area contributed by atoms with Gasteiger partial charge in [-0.3, -0.25) is 14.9 Å². The third kappa shape index (κ3) is 5.39. The Hall–Kier alpha value is -3.86. The number of carbonyl (C=O) groups is 2. The topological polar surface area (TPSA) is 134 Å². The average molecular weight is 442 g/mol. The van der Waals surface area contributed by atoms with Crippen molar-refractivity contribution in [1.82, 2.24) is 10.2 Å². The second-order valence-electron chi connectivity index (χ2n) is 6.23. The van der Waals surface area contributed by atoms with Crippen LogP contribution in [-0.2, 0) is 17.8 Å². The van der Waals surface area contributed by atoms with Crippen LogP contribution in [0.1, 0.15) is 37.7 Å². The summed E-state index contributed by atoms with van der Waals surface area (Å²) in [6.07, 6.45) is 0.899. The van der Waals surface area contributed by atoms with Crippen LogP contribution in [0.4, 0.5) is 11.4 Å². The minimum absolute atomic E-state index is 0.00879. The minimum Gasteiger partial charge on any atom is -0.490 e. The maximum absolute atomic E-state index is 12.3. The largest absolute Gasteiger partial charge is 0.490 e. The highest BCUT2D eigenvalue weighted by Crippen LogP contribution is 2.28. The highest BCUT2D eigenvalue weighted by molar-refractivity contribution is 7.13. The fourth-order valence-corrected chi connectivity index (χ4v) is 3.23. The van der Waals surface area contributed by atoms with Gasteiger partial charge in [0.15, 0.2) is 10.8 Å². The van der Waals surface area contributed by atoms with Crippen LogP contribution in [-0.4, -0.2) is 34.1 Å². The van der Waals surface area contributed by atoms with E-state index in [-0.39, 0.29) is 28.6 Å². The number of nitrogens with zero attached hydrogens (tertiary/aromatic N) is 3. The van der Waals surface area contributed by atoms with E-state index < -0.39 is 16.8 Å². The number of aromatic nitrogens is 2. The number of carbonyl (C=O) groups excluding carboxylic acids is 2. The molecule has 1 N–H and O–H groups in total. The smallest absolute Gasteiger partial charge is 0.338 e.